The molecule has 0 aliphatic carbocycles. The highest BCUT2D eigenvalue weighted by Crippen LogP contribution is 2.33. The first kappa shape index (κ1) is 14.6. The van der Waals surface area contributed by atoms with E-state index >= 15 is 0 Å². The topological polar surface area (TPSA) is 29.3 Å². The van der Waals surface area contributed by atoms with Crippen molar-refractivity contribution in [2.24, 2.45) is 5.73 Å². The van der Waals surface area contributed by atoms with Crippen LogP contribution in [0.5, 0.6) is 0 Å². The Balaban J connectivity index is 2.35. The molecule has 0 bridgehead atoms. The second kappa shape index (κ2) is 6.07. The van der Waals surface area contributed by atoms with E-state index in [1.807, 2.05) is 6.92 Å². The summed E-state index contributed by atoms with van der Waals surface area (Å²) in [6.45, 7) is 4.24. The molecule has 0 aliphatic rings. The number of nitrogens with two attached hydrogens (primary N) is 1. The minimum absolute atomic E-state index is 0.0190. The molecule has 1 aromatic heterocycles. The van der Waals surface area contributed by atoms with E-state index in [4.69, 9.17) is 5.73 Å². The maximum Gasteiger partial charge on any atom is 0.0603 e. The molecule has 4 heteroatoms. The molecule has 0 amide bonds. The first-order chi connectivity index (χ1) is 9.00. The van der Waals surface area contributed by atoms with Crippen LogP contribution in [0.15, 0.2) is 40.2 Å². The maximum absolute atomic E-state index is 6.10. The zero-order valence-corrected chi connectivity index (χ0v) is 13.8. The fraction of sp³-hybridized carbons (Fsp3) is 0.333. The van der Waals surface area contributed by atoms with E-state index in [-0.39, 0.29) is 6.04 Å². The summed E-state index contributed by atoms with van der Waals surface area (Å²) >= 11 is 5.31. The smallest absolute Gasteiger partial charge is 0.0603 e. The van der Waals surface area contributed by atoms with Crippen molar-refractivity contribution in [2.75, 3.05) is 11.9 Å². The molecule has 0 radical (unpaired) electrons. The van der Waals surface area contributed by atoms with Gasteiger partial charge < -0.3 is 10.6 Å². The molecule has 2 atom stereocenters. The fourth-order valence-corrected chi connectivity index (χ4v) is 3.35. The van der Waals surface area contributed by atoms with Crippen LogP contribution in [0.4, 0.5) is 5.69 Å². The lowest BCUT2D eigenvalue weighted by Gasteiger charge is -2.29. The van der Waals surface area contributed by atoms with Crippen LogP contribution < -0.4 is 10.6 Å². The van der Waals surface area contributed by atoms with Gasteiger partial charge in [0, 0.05) is 28.1 Å². The third-order valence-electron chi connectivity index (χ3n) is 3.40. The first-order valence-electron chi connectivity index (χ1n) is 6.32. The van der Waals surface area contributed by atoms with Crippen molar-refractivity contribution in [3.63, 3.8) is 0 Å². The SMILES string of the molecule is CC(N)c1cc(Br)ccc1N(C)C(C)c1cccs1. The van der Waals surface area contributed by atoms with Crippen molar-refractivity contribution in [1.82, 2.24) is 0 Å². The standard InChI is InChI=1S/C15H19BrN2S/c1-10(17)13-9-12(16)6-7-14(13)18(3)11(2)15-5-4-8-19-15/h4-11H,17H2,1-3H3. The minimum atomic E-state index is 0.0190. The van der Waals surface area contributed by atoms with Gasteiger partial charge in [-0.15, -0.1) is 11.3 Å². The van der Waals surface area contributed by atoms with Crippen molar-refractivity contribution >= 4 is 33.0 Å². The fourth-order valence-electron chi connectivity index (χ4n) is 2.14. The second-order valence-corrected chi connectivity index (χ2v) is 6.69. The van der Waals surface area contributed by atoms with Crippen LogP contribution in [-0.2, 0) is 0 Å². The molecule has 0 fully saturated rings. The lowest BCUT2D eigenvalue weighted by atomic mass is 10.0. The quantitative estimate of drug-likeness (QED) is 0.873. The highest BCUT2D eigenvalue weighted by atomic mass is 79.9. The van der Waals surface area contributed by atoms with Gasteiger partial charge in [0.2, 0.25) is 0 Å². The summed E-state index contributed by atoms with van der Waals surface area (Å²) in [6.07, 6.45) is 0. The third kappa shape index (κ3) is 3.19. The Morgan fingerprint density at radius 1 is 1.26 bits per heavy atom. The van der Waals surface area contributed by atoms with E-state index in [0.29, 0.717) is 6.04 Å². The molecule has 2 nitrogen and oxygen atoms in total. The van der Waals surface area contributed by atoms with Crippen molar-refractivity contribution in [1.29, 1.82) is 0 Å². The van der Waals surface area contributed by atoms with Gasteiger partial charge in [0.15, 0.2) is 0 Å². The normalized spacial score (nSPS) is 14.2. The molecule has 2 rings (SSSR count). The molecule has 0 aliphatic heterocycles. The Morgan fingerprint density at radius 2 is 2.00 bits per heavy atom. The number of hydrogen-bond acceptors (Lipinski definition) is 3. The average molecular weight is 339 g/mol. The van der Waals surface area contributed by atoms with Crippen molar-refractivity contribution in [3.8, 4) is 0 Å². The molecule has 102 valence electrons. The van der Waals surface area contributed by atoms with Gasteiger partial charge in [-0.2, -0.15) is 0 Å². The first-order valence-corrected chi connectivity index (χ1v) is 7.99. The maximum atomic E-state index is 6.10. The van der Waals surface area contributed by atoms with E-state index in [1.165, 1.54) is 16.1 Å². The number of benzene rings is 1. The molecule has 19 heavy (non-hydrogen) atoms. The predicted molar refractivity (Wildman–Crippen MR) is 87.9 cm³/mol. The van der Waals surface area contributed by atoms with Crippen molar-refractivity contribution < 1.29 is 0 Å². The molecule has 0 saturated heterocycles. The number of thiophene rings is 1. The van der Waals surface area contributed by atoms with E-state index in [9.17, 15) is 0 Å². The van der Waals surface area contributed by atoms with E-state index in [1.54, 1.807) is 11.3 Å². The zero-order chi connectivity index (χ0) is 14.0. The van der Waals surface area contributed by atoms with Gasteiger partial charge in [-0.3, -0.25) is 0 Å². The molecular weight excluding hydrogens is 320 g/mol. The summed E-state index contributed by atoms with van der Waals surface area (Å²) < 4.78 is 1.07. The van der Waals surface area contributed by atoms with E-state index in [2.05, 4.69) is 70.5 Å². The van der Waals surface area contributed by atoms with Crippen LogP contribution in [0, 0.1) is 0 Å². The Labute approximate surface area is 127 Å². The van der Waals surface area contributed by atoms with Gasteiger partial charge in [0.25, 0.3) is 0 Å². The minimum Gasteiger partial charge on any atom is -0.367 e. The van der Waals surface area contributed by atoms with Gasteiger partial charge in [-0.25, -0.2) is 0 Å². The largest absolute Gasteiger partial charge is 0.367 e. The average Bonchev–Trinajstić information content (AvgIpc) is 2.90. The van der Waals surface area contributed by atoms with Crippen LogP contribution in [0.1, 0.15) is 36.4 Å². The molecule has 2 aromatic rings. The van der Waals surface area contributed by atoms with Gasteiger partial charge in [-0.1, -0.05) is 22.0 Å². The van der Waals surface area contributed by atoms with Crippen LogP contribution in [0.3, 0.4) is 0 Å². The van der Waals surface area contributed by atoms with Gasteiger partial charge in [0.05, 0.1) is 6.04 Å². The molecule has 1 aromatic carbocycles. The van der Waals surface area contributed by atoms with Crippen LogP contribution >= 0.6 is 27.3 Å². The number of rotatable bonds is 4. The Kier molecular flexibility index (Phi) is 4.66. The zero-order valence-electron chi connectivity index (χ0n) is 11.4. The van der Waals surface area contributed by atoms with E-state index in [0.717, 1.165) is 4.47 Å². The molecule has 1 heterocycles. The highest BCUT2D eigenvalue weighted by molar-refractivity contribution is 9.10. The second-order valence-electron chi connectivity index (χ2n) is 4.79. The lowest BCUT2D eigenvalue weighted by molar-refractivity contribution is 0.733. The predicted octanol–water partition coefficient (Wildman–Crippen LogP) is 4.73. The Bertz CT molecular complexity index is 537. The van der Waals surface area contributed by atoms with Gasteiger partial charge in [-0.05, 0) is 49.1 Å². The molecular formula is C15H19BrN2S. The van der Waals surface area contributed by atoms with Gasteiger partial charge in [0.1, 0.15) is 0 Å². The van der Waals surface area contributed by atoms with E-state index < -0.39 is 0 Å². The molecule has 2 N–H and O–H groups in total. The molecule has 0 saturated carbocycles. The summed E-state index contributed by atoms with van der Waals surface area (Å²) in [5.74, 6) is 0. The summed E-state index contributed by atoms with van der Waals surface area (Å²) in [5, 5.41) is 2.12. The summed E-state index contributed by atoms with van der Waals surface area (Å²) in [6, 6.07) is 10.9. The molecule has 0 spiro atoms. The monoisotopic (exact) mass is 338 g/mol. The highest BCUT2D eigenvalue weighted by Gasteiger charge is 2.17. The molecule has 2 unspecified atom stereocenters. The number of hydrogen-bond donors (Lipinski definition) is 1. The van der Waals surface area contributed by atoms with Crippen LogP contribution in [0.2, 0.25) is 0 Å². The summed E-state index contributed by atoms with van der Waals surface area (Å²) in [5.41, 5.74) is 8.46. The number of halogens is 1. The summed E-state index contributed by atoms with van der Waals surface area (Å²) in [7, 11) is 2.12. The van der Waals surface area contributed by atoms with Crippen molar-refractivity contribution in [2.45, 2.75) is 25.9 Å². The third-order valence-corrected chi connectivity index (χ3v) is 4.93. The van der Waals surface area contributed by atoms with Crippen LogP contribution in [0.25, 0.3) is 0 Å². The van der Waals surface area contributed by atoms with Gasteiger partial charge >= 0.3 is 0 Å². The summed E-state index contributed by atoms with van der Waals surface area (Å²) in [4.78, 5) is 3.65. The van der Waals surface area contributed by atoms with Crippen LogP contribution in [-0.4, -0.2) is 7.05 Å². The number of anilines is 1. The lowest BCUT2D eigenvalue weighted by Crippen LogP contribution is -2.23. The Hall–Kier alpha value is -0.840. The van der Waals surface area contributed by atoms with Crippen molar-refractivity contribution in [3.05, 3.63) is 50.6 Å². The number of nitrogens with zero attached hydrogens (tertiary/aromatic N) is 1. The Morgan fingerprint density at radius 3 is 2.58 bits per heavy atom.